The molecule has 2 aromatic rings. The van der Waals surface area contributed by atoms with Crippen LogP contribution in [0.4, 0.5) is 5.69 Å². The first-order chi connectivity index (χ1) is 12.0. The van der Waals surface area contributed by atoms with E-state index in [9.17, 15) is 9.59 Å². The average Bonchev–Trinajstić information content (AvgIpc) is 3.10. The smallest absolute Gasteiger partial charge is 0.263 e. The zero-order valence-electron chi connectivity index (χ0n) is 13.5. The van der Waals surface area contributed by atoms with Crippen LogP contribution in [0.3, 0.4) is 0 Å². The van der Waals surface area contributed by atoms with Gasteiger partial charge in [-0.15, -0.1) is 0 Å². The minimum Gasteiger partial charge on any atom is -0.271 e. The molecule has 25 heavy (non-hydrogen) atoms. The zero-order chi connectivity index (χ0) is 17.6. The van der Waals surface area contributed by atoms with Gasteiger partial charge in [-0.05, 0) is 30.7 Å². The summed E-state index contributed by atoms with van der Waals surface area (Å²) in [5, 5.41) is 10.1. The van der Waals surface area contributed by atoms with Gasteiger partial charge in [0.25, 0.3) is 11.8 Å². The van der Waals surface area contributed by atoms with Gasteiger partial charge in [-0.25, -0.2) is 4.90 Å². The number of rotatable bonds is 3. The van der Waals surface area contributed by atoms with Crippen LogP contribution in [0.5, 0.6) is 0 Å². The van der Waals surface area contributed by atoms with Gasteiger partial charge in [-0.3, -0.25) is 14.6 Å². The highest BCUT2D eigenvalue weighted by Gasteiger charge is 2.54. The Balaban J connectivity index is 1.60. The van der Waals surface area contributed by atoms with Crippen molar-refractivity contribution >= 4 is 29.1 Å². The van der Waals surface area contributed by atoms with E-state index >= 15 is 0 Å². The Kier molecular flexibility index (Phi) is 3.77. The molecule has 1 fully saturated rings. The highest BCUT2D eigenvalue weighted by Crippen LogP contribution is 2.33. The van der Waals surface area contributed by atoms with Crippen molar-refractivity contribution in [2.45, 2.75) is 25.6 Å². The van der Waals surface area contributed by atoms with Crippen LogP contribution in [0.2, 0.25) is 5.02 Å². The summed E-state index contributed by atoms with van der Waals surface area (Å²) < 4.78 is 0. The first-order valence-corrected chi connectivity index (χ1v) is 8.29. The summed E-state index contributed by atoms with van der Waals surface area (Å²) in [5.74, 6) is -0.693. The first-order valence-electron chi connectivity index (χ1n) is 7.91. The maximum Gasteiger partial charge on any atom is 0.263 e. The first kappa shape index (κ1) is 15.8. The third-order valence-corrected chi connectivity index (χ3v) is 4.62. The van der Waals surface area contributed by atoms with E-state index in [0.29, 0.717) is 17.3 Å². The summed E-state index contributed by atoms with van der Waals surface area (Å²) in [5.41, 5.74) is 2.62. The zero-order valence-corrected chi connectivity index (χ0v) is 14.2. The van der Waals surface area contributed by atoms with Crippen molar-refractivity contribution in [3.05, 3.63) is 64.7 Å². The van der Waals surface area contributed by atoms with Crippen molar-refractivity contribution in [3.8, 4) is 0 Å². The summed E-state index contributed by atoms with van der Waals surface area (Å²) in [7, 11) is 0. The van der Waals surface area contributed by atoms with Crippen molar-refractivity contribution < 1.29 is 9.59 Å². The molecule has 2 atom stereocenters. The van der Waals surface area contributed by atoms with Crippen LogP contribution < -0.4 is 4.90 Å². The van der Waals surface area contributed by atoms with Gasteiger partial charge < -0.3 is 0 Å². The number of carbonyl (C=O) groups is 2. The number of carbonyl (C=O) groups excluding carboxylic acids is 2. The number of anilines is 1. The van der Waals surface area contributed by atoms with Gasteiger partial charge in [0.05, 0.1) is 12.2 Å². The molecule has 0 radical (unpaired) electrons. The molecule has 0 bridgehead atoms. The van der Waals surface area contributed by atoms with Crippen LogP contribution >= 0.6 is 11.6 Å². The van der Waals surface area contributed by atoms with Crippen molar-refractivity contribution in [2.75, 3.05) is 4.90 Å². The summed E-state index contributed by atoms with van der Waals surface area (Å²) >= 11 is 5.99. The van der Waals surface area contributed by atoms with Crippen LogP contribution in [0.15, 0.2) is 58.9 Å². The van der Waals surface area contributed by atoms with E-state index in [4.69, 9.17) is 11.6 Å². The number of benzene rings is 2. The molecule has 0 N–H and O–H groups in total. The monoisotopic (exact) mass is 354 g/mol. The number of hydrogen-bond acceptors (Lipinski definition) is 5. The average molecular weight is 355 g/mol. The standard InChI is InChI=1S/C18H15ClN4O2/c1-11-5-7-12(8-6-11)10-22-16-15(20-21-22)17(24)23(18(16)25)14-4-2-3-13(19)9-14/h2-9,15-16H,10H2,1H3/t15-,16+/m1/s1. The second-order valence-corrected chi connectivity index (χ2v) is 6.61. The van der Waals surface area contributed by atoms with E-state index in [-0.39, 0.29) is 11.8 Å². The molecule has 2 aromatic carbocycles. The van der Waals surface area contributed by atoms with Crippen molar-refractivity contribution in [3.63, 3.8) is 0 Å². The summed E-state index contributed by atoms with van der Waals surface area (Å²) in [6.07, 6.45) is 0. The Labute approximate surface area is 149 Å². The molecule has 2 aliphatic heterocycles. The number of hydrogen-bond donors (Lipinski definition) is 0. The summed E-state index contributed by atoms with van der Waals surface area (Å²) in [6.45, 7) is 2.44. The van der Waals surface area contributed by atoms with E-state index in [1.54, 1.807) is 29.3 Å². The molecule has 0 unspecified atom stereocenters. The molecule has 126 valence electrons. The minimum absolute atomic E-state index is 0.325. The minimum atomic E-state index is -0.795. The third kappa shape index (κ3) is 2.68. The van der Waals surface area contributed by atoms with Gasteiger partial charge >= 0.3 is 0 Å². The van der Waals surface area contributed by atoms with E-state index in [1.165, 1.54) is 0 Å². The Morgan fingerprint density at radius 1 is 1.08 bits per heavy atom. The highest BCUT2D eigenvalue weighted by molar-refractivity contribution is 6.31. The quantitative estimate of drug-likeness (QED) is 0.795. The van der Waals surface area contributed by atoms with Gasteiger partial charge in [0.2, 0.25) is 0 Å². The fraction of sp³-hybridized carbons (Fsp3) is 0.222. The van der Waals surface area contributed by atoms with Crippen LogP contribution in [-0.2, 0) is 16.1 Å². The predicted molar refractivity (Wildman–Crippen MR) is 93.1 cm³/mol. The van der Waals surface area contributed by atoms with Gasteiger partial charge in [0.1, 0.15) is 0 Å². The molecule has 7 heteroatoms. The number of fused-ring (bicyclic) bond motifs is 1. The fourth-order valence-corrected chi connectivity index (χ4v) is 3.29. The molecule has 2 aliphatic rings. The van der Waals surface area contributed by atoms with Crippen LogP contribution in [0, 0.1) is 6.92 Å². The number of nitrogens with zero attached hydrogens (tertiary/aromatic N) is 4. The van der Waals surface area contributed by atoms with Gasteiger partial charge in [0, 0.05) is 5.02 Å². The summed E-state index contributed by atoms with van der Waals surface area (Å²) in [6, 6.07) is 13.1. The van der Waals surface area contributed by atoms with Gasteiger partial charge in [-0.2, -0.15) is 5.11 Å². The molecular weight excluding hydrogens is 340 g/mol. The fourth-order valence-electron chi connectivity index (χ4n) is 3.10. The Morgan fingerprint density at radius 2 is 1.84 bits per heavy atom. The molecule has 0 aromatic heterocycles. The molecule has 2 amide bonds. The highest BCUT2D eigenvalue weighted by atomic mass is 35.5. The largest absolute Gasteiger partial charge is 0.271 e. The number of imide groups is 1. The third-order valence-electron chi connectivity index (χ3n) is 4.39. The lowest BCUT2D eigenvalue weighted by atomic mass is 10.1. The molecule has 0 aliphatic carbocycles. The SMILES string of the molecule is Cc1ccc(CN2N=N[C@H]3C(=O)N(c4cccc(Cl)c4)C(=O)[C@H]32)cc1. The van der Waals surface area contributed by atoms with E-state index < -0.39 is 12.1 Å². The lowest BCUT2D eigenvalue weighted by Crippen LogP contribution is -2.39. The topological polar surface area (TPSA) is 65.3 Å². The molecular formula is C18H15ClN4O2. The van der Waals surface area contributed by atoms with Crippen LogP contribution in [-0.4, -0.2) is 28.9 Å². The van der Waals surface area contributed by atoms with E-state index in [2.05, 4.69) is 10.3 Å². The van der Waals surface area contributed by atoms with Crippen LogP contribution in [0.25, 0.3) is 0 Å². The molecule has 4 rings (SSSR count). The van der Waals surface area contributed by atoms with Gasteiger partial charge in [-0.1, -0.05) is 52.7 Å². The lowest BCUT2D eigenvalue weighted by Gasteiger charge is -2.20. The predicted octanol–water partition coefficient (Wildman–Crippen LogP) is 3.14. The molecule has 1 saturated heterocycles. The Morgan fingerprint density at radius 3 is 2.56 bits per heavy atom. The number of aryl methyl sites for hydroxylation is 1. The normalized spacial score (nSPS) is 22.0. The number of amides is 2. The molecule has 0 spiro atoms. The van der Waals surface area contributed by atoms with Crippen molar-refractivity contribution in [1.82, 2.24) is 5.01 Å². The Hall–Kier alpha value is -2.73. The second kappa shape index (κ2) is 5.97. The lowest BCUT2D eigenvalue weighted by molar-refractivity contribution is -0.123. The summed E-state index contributed by atoms with van der Waals surface area (Å²) in [4.78, 5) is 26.7. The molecule has 6 nitrogen and oxygen atoms in total. The maximum atomic E-state index is 12.9. The maximum absolute atomic E-state index is 12.9. The van der Waals surface area contributed by atoms with Crippen LogP contribution in [0.1, 0.15) is 11.1 Å². The van der Waals surface area contributed by atoms with Crippen molar-refractivity contribution in [2.24, 2.45) is 10.3 Å². The Bertz CT molecular complexity index is 881. The van der Waals surface area contributed by atoms with Gasteiger partial charge in [0.15, 0.2) is 12.1 Å². The second-order valence-electron chi connectivity index (χ2n) is 6.17. The van der Waals surface area contributed by atoms with E-state index in [1.807, 2.05) is 31.2 Å². The van der Waals surface area contributed by atoms with E-state index in [0.717, 1.165) is 16.0 Å². The molecule has 0 saturated carbocycles. The van der Waals surface area contributed by atoms with Crippen molar-refractivity contribution in [1.29, 1.82) is 0 Å². The number of halogens is 1. The molecule has 2 heterocycles.